The van der Waals surface area contributed by atoms with Crippen LogP contribution in [0.15, 0.2) is 24.3 Å². The van der Waals surface area contributed by atoms with E-state index < -0.39 is 12.1 Å². The third-order valence-corrected chi connectivity index (χ3v) is 3.52. The zero-order chi connectivity index (χ0) is 16.3. The number of urea groups is 1. The molecule has 0 aromatic heterocycles. The fourth-order valence-electron chi connectivity index (χ4n) is 2.46. The lowest BCUT2D eigenvalue weighted by molar-refractivity contribution is -0.127. The Kier molecular flexibility index (Phi) is 4.80. The Morgan fingerprint density at radius 2 is 2.00 bits per heavy atom. The zero-order valence-electron chi connectivity index (χ0n) is 13.0. The minimum Gasteiger partial charge on any atom is -0.496 e. The smallest absolute Gasteiger partial charge is 0.325 e. The number of nitrogens with one attached hydrogen (secondary N) is 1. The first-order chi connectivity index (χ1) is 10.4. The van der Waals surface area contributed by atoms with E-state index in [9.17, 15) is 14.4 Å². The molecule has 1 fully saturated rings. The lowest BCUT2D eigenvalue weighted by atomic mass is 10.0. The molecule has 6 heteroatoms. The summed E-state index contributed by atoms with van der Waals surface area (Å²) in [4.78, 5) is 37.5. The van der Waals surface area contributed by atoms with Gasteiger partial charge in [0, 0.05) is 0 Å². The van der Waals surface area contributed by atoms with Gasteiger partial charge in [-0.15, -0.1) is 0 Å². The maximum Gasteiger partial charge on any atom is 0.325 e. The van der Waals surface area contributed by atoms with E-state index in [1.165, 1.54) is 7.11 Å². The van der Waals surface area contributed by atoms with Gasteiger partial charge in [0.25, 0.3) is 5.91 Å². The molecule has 0 bridgehead atoms. The minimum atomic E-state index is -0.544. The number of methoxy groups -OCH3 is 1. The summed E-state index contributed by atoms with van der Waals surface area (Å²) in [6, 6.07) is 5.69. The Balaban J connectivity index is 2.11. The number of hydrogen-bond donors (Lipinski definition) is 1. The molecule has 1 saturated heterocycles. The number of imide groups is 1. The lowest BCUT2D eigenvalue weighted by Gasteiger charge is -2.14. The van der Waals surface area contributed by atoms with Gasteiger partial charge >= 0.3 is 6.03 Å². The number of nitrogens with zero attached hydrogens (tertiary/aromatic N) is 1. The minimum absolute atomic E-state index is 0.277. The fraction of sp³-hybridized carbons (Fsp3) is 0.438. The Morgan fingerprint density at radius 1 is 1.32 bits per heavy atom. The zero-order valence-corrected chi connectivity index (χ0v) is 13.0. The summed E-state index contributed by atoms with van der Waals surface area (Å²) in [6.45, 7) is 3.67. The second-order valence-electron chi connectivity index (χ2n) is 5.68. The predicted molar refractivity (Wildman–Crippen MR) is 80.8 cm³/mol. The first kappa shape index (κ1) is 16.0. The Hall–Kier alpha value is -2.37. The summed E-state index contributed by atoms with van der Waals surface area (Å²) in [5, 5.41) is 2.62. The van der Waals surface area contributed by atoms with Crippen LogP contribution >= 0.6 is 0 Å². The van der Waals surface area contributed by atoms with Crippen molar-refractivity contribution in [3.8, 4) is 5.75 Å². The molecule has 0 saturated carbocycles. The first-order valence-corrected chi connectivity index (χ1v) is 7.22. The van der Waals surface area contributed by atoms with Crippen molar-refractivity contribution in [2.24, 2.45) is 5.92 Å². The third kappa shape index (κ3) is 3.27. The summed E-state index contributed by atoms with van der Waals surface area (Å²) < 4.78 is 5.13. The van der Waals surface area contributed by atoms with Crippen molar-refractivity contribution in [1.29, 1.82) is 0 Å². The van der Waals surface area contributed by atoms with Crippen LogP contribution < -0.4 is 10.1 Å². The maximum absolute atomic E-state index is 12.3. The molecule has 1 aromatic rings. The highest BCUT2D eigenvalue weighted by molar-refractivity contribution is 6.09. The Bertz CT molecular complexity index is 598. The summed E-state index contributed by atoms with van der Waals surface area (Å²) in [5.74, 6) is 0.0329. The highest BCUT2D eigenvalue weighted by Crippen LogP contribution is 2.20. The SMILES string of the molecule is COc1ccccc1C(=O)CN1C(=O)N[C@@H](CC(C)C)C1=O. The molecule has 1 aromatic carbocycles. The van der Waals surface area contributed by atoms with Crippen LogP contribution in [-0.2, 0) is 4.79 Å². The molecule has 1 atom stereocenters. The van der Waals surface area contributed by atoms with Gasteiger partial charge < -0.3 is 10.1 Å². The van der Waals surface area contributed by atoms with Gasteiger partial charge in [-0.3, -0.25) is 14.5 Å². The van der Waals surface area contributed by atoms with Crippen molar-refractivity contribution < 1.29 is 19.1 Å². The average molecular weight is 304 g/mol. The van der Waals surface area contributed by atoms with Crippen molar-refractivity contribution in [2.75, 3.05) is 13.7 Å². The van der Waals surface area contributed by atoms with Crippen molar-refractivity contribution in [2.45, 2.75) is 26.3 Å². The highest BCUT2D eigenvalue weighted by atomic mass is 16.5. The van der Waals surface area contributed by atoms with E-state index in [-0.39, 0.29) is 24.2 Å². The van der Waals surface area contributed by atoms with Crippen LogP contribution in [0, 0.1) is 5.92 Å². The van der Waals surface area contributed by atoms with E-state index in [0.717, 1.165) is 4.90 Å². The molecular formula is C16H20N2O4. The standard InChI is InChI=1S/C16H20N2O4/c1-10(2)8-12-15(20)18(16(21)17-12)9-13(19)11-6-4-5-7-14(11)22-3/h4-7,10,12H,8-9H2,1-3H3,(H,17,21)/t12-/m0/s1. The molecule has 1 N–H and O–H groups in total. The number of Topliss-reactive ketones (excluding diaryl/α,β-unsaturated/α-hetero) is 1. The molecule has 0 spiro atoms. The number of rotatable bonds is 6. The molecule has 22 heavy (non-hydrogen) atoms. The molecule has 0 radical (unpaired) electrons. The van der Waals surface area contributed by atoms with E-state index >= 15 is 0 Å². The van der Waals surface area contributed by atoms with E-state index in [1.54, 1.807) is 24.3 Å². The molecule has 3 amide bonds. The molecule has 1 aliphatic heterocycles. The normalized spacial score (nSPS) is 17.8. The number of amides is 3. The van der Waals surface area contributed by atoms with Crippen LogP contribution in [0.1, 0.15) is 30.6 Å². The molecule has 1 heterocycles. The van der Waals surface area contributed by atoms with E-state index in [1.807, 2.05) is 13.8 Å². The molecule has 2 rings (SSSR count). The quantitative estimate of drug-likeness (QED) is 0.643. The van der Waals surface area contributed by atoms with Gasteiger partial charge in [-0.05, 0) is 24.5 Å². The molecule has 1 aliphatic rings. The number of hydrogen-bond acceptors (Lipinski definition) is 4. The van der Waals surface area contributed by atoms with Crippen molar-refractivity contribution in [3.05, 3.63) is 29.8 Å². The number of ketones is 1. The summed E-state index contributed by atoms with van der Waals surface area (Å²) in [5.41, 5.74) is 0.359. The second-order valence-corrected chi connectivity index (χ2v) is 5.68. The van der Waals surface area contributed by atoms with Gasteiger partial charge in [0.05, 0.1) is 19.2 Å². The van der Waals surface area contributed by atoms with Crippen molar-refractivity contribution in [1.82, 2.24) is 10.2 Å². The number of benzene rings is 1. The van der Waals surface area contributed by atoms with Gasteiger partial charge in [-0.2, -0.15) is 0 Å². The fourth-order valence-corrected chi connectivity index (χ4v) is 2.46. The van der Waals surface area contributed by atoms with Crippen LogP contribution in [0.25, 0.3) is 0 Å². The van der Waals surface area contributed by atoms with Crippen molar-refractivity contribution in [3.63, 3.8) is 0 Å². The molecule has 118 valence electrons. The monoisotopic (exact) mass is 304 g/mol. The lowest BCUT2D eigenvalue weighted by Crippen LogP contribution is -2.36. The van der Waals surface area contributed by atoms with Gasteiger partial charge in [0.1, 0.15) is 11.8 Å². The first-order valence-electron chi connectivity index (χ1n) is 7.22. The number of ether oxygens (including phenoxy) is 1. The van der Waals surface area contributed by atoms with E-state index in [2.05, 4.69) is 5.32 Å². The van der Waals surface area contributed by atoms with Crippen LogP contribution in [0.4, 0.5) is 4.79 Å². The average Bonchev–Trinajstić information content (AvgIpc) is 2.74. The van der Waals surface area contributed by atoms with Gasteiger partial charge in [-0.1, -0.05) is 26.0 Å². The summed E-state index contributed by atoms with van der Waals surface area (Å²) in [7, 11) is 1.47. The molecule has 6 nitrogen and oxygen atoms in total. The number of para-hydroxylation sites is 1. The van der Waals surface area contributed by atoms with E-state index in [4.69, 9.17) is 4.74 Å². The van der Waals surface area contributed by atoms with Gasteiger partial charge in [0.2, 0.25) is 0 Å². The van der Waals surface area contributed by atoms with Gasteiger partial charge in [0.15, 0.2) is 5.78 Å². The molecule has 0 unspecified atom stereocenters. The van der Waals surface area contributed by atoms with Crippen LogP contribution in [0.3, 0.4) is 0 Å². The highest BCUT2D eigenvalue weighted by Gasteiger charge is 2.39. The predicted octanol–water partition coefficient (Wildman–Crippen LogP) is 1.84. The largest absolute Gasteiger partial charge is 0.496 e. The van der Waals surface area contributed by atoms with Crippen LogP contribution in [0.2, 0.25) is 0 Å². The van der Waals surface area contributed by atoms with Crippen LogP contribution in [-0.4, -0.2) is 42.3 Å². The van der Waals surface area contributed by atoms with Crippen molar-refractivity contribution >= 4 is 17.7 Å². The summed E-state index contributed by atoms with van der Waals surface area (Å²) >= 11 is 0. The van der Waals surface area contributed by atoms with Gasteiger partial charge in [-0.25, -0.2) is 4.79 Å². The number of carbonyl (C=O) groups is 3. The number of carbonyl (C=O) groups excluding carboxylic acids is 3. The van der Waals surface area contributed by atoms with Crippen LogP contribution in [0.5, 0.6) is 5.75 Å². The van der Waals surface area contributed by atoms with E-state index in [0.29, 0.717) is 17.7 Å². The topological polar surface area (TPSA) is 75.7 Å². The Labute approximate surface area is 129 Å². The summed E-state index contributed by atoms with van der Waals surface area (Å²) in [6.07, 6.45) is 0.559. The second kappa shape index (κ2) is 6.60. The molecular weight excluding hydrogens is 284 g/mol. The Morgan fingerprint density at radius 3 is 2.64 bits per heavy atom. The third-order valence-electron chi connectivity index (χ3n) is 3.52. The maximum atomic E-state index is 12.3. The molecule has 0 aliphatic carbocycles.